The zero-order chi connectivity index (χ0) is 13.1. The number of thioether (sulfide) groups is 1. The van der Waals surface area contributed by atoms with Crippen molar-refractivity contribution < 1.29 is 9.84 Å². The number of aromatic hydroxyl groups is 1. The Morgan fingerprint density at radius 3 is 2.95 bits per heavy atom. The van der Waals surface area contributed by atoms with E-state index in [1.54, 1.807) is 17.8 Å². The van der Waals surface area contributed by atoms with Crippen molar-refractivity contribution in [1.29, 1.82) is 0 Å². The molecule has 0 spiro atoms. The van der Waals surface area contributed by atoms with Crippen LogP contribution < -0.4 is 4.74 Å². The number of para-hydroxylation sites is 1. The smallest absolute Gasteiger partial charge is 0.129 e. The fourth-order valence-corrected chi connectivity index (χ4v) is 3.20. The molecule has 2 nitrogen and oxygen atoms in total. The molecule has 19 heavy (non-hydrogen) atoms. The van der Waals surface area contributed by atoms with Gasteiger partial charge in [0.1, 0.15) is 11.5 Å². The van der Waals surface area contributed by atoms with Crippen LogP contribution in [-0.2, 0) is 12.8 Å². The molecule has 0 radical (unpaired) electrons. The van der Waals surface area contributed by atoms with Gasteiger partial charge in [0, 0.05) is 17.1 Å². The van der Waals surface area contributed by atoms with Crippen molar-refractivity contribution in [2.45, 2.75) is 17.7 Å². The first-order valence-corrected chi connectivity index (χ1v) is 7.47. The first-order valence-electron chi connectivity index (χ1n) is 6.48. The molecule has 1 heterocycles. The number of benzene rings is 2. The van der Waals surface area contributed by atoms with E-state index in [4.69, 9.17) is 4.74 Å². The van der Waals surface area contributed by atoms with Gasteiger partial charge in [-0.3, -0.25) is 0 Å². The number of fused-ring (bicyclic) bond motifs is 1. The van der Waals surface area contributed by atoms with Gasteiger partial charge >= 0.3 is 0 Å². The zero-order valence-electron chi connectivity index (χ0n) is 10.6. The van der Waals surface area contributed by atoms with Gasteiger partial charge in [0.25, 0.3) is 0 Å². The van der Waals surface area contributed by atoms with Crippen molar-refractivity contribution in [2.75, 3.05) is 12.4 Å². The number of aryl methyl sites for hydroxylation is 1. The largest absolute Gasteiger partial charge is 0.507 e. The van der Waals surface area contributed by atoms with E-state index >= 15 is 0 Å². The molecule has 0 unspecified atom stereocenters. The van der Waals surface area contributed by atoms with Crippen LogP contribution in [-0.4, -0.2) is 17.5 Å². The third kappa shape index (κ3) is 2.87. The van der Waals surface area contributed by atoms with Crippen LogP contribution in [0.3, 0.4) is 0 Å². The van der Waals surface area contributed by atoms with E-state index < -0.39 is 0 Å². The standard InChI is InChI=1S/C16H16O2S/c17-14-3-1-2-4-16(14)19-10-8-12-5-6-15-13(11-12)7-9-18-15/h1-6,11,17H,7-10H2. The van der Waals surface area contributed by atoms with Crippen LogP contribution in [0.15, 0.2) is 47.4 Å². The van der Waals surface area contributed by atoms with E-state index in [0.717, 1.165) is 35.8 Å². The highest BCUT2D eigenvalue weighted by Gasteiger charge is 2.11. The summed E-state index contributed by atoms with van der Waals surface area (Å²) in [6, 6.07) is 13.9. The minimum Gasteiger partial charge on any atom is -0.507 e. The van der Waals surface area contributed by atoms with Crippen molar-refractivity contribution in [3.8, 4) is 11.5 Å². The lowest BCUT2D eigenvalue weighted by Gasteiger charge is -2.05. The molecule has 1 aliphatic rings. The van der Waals surface area contributed by atoms with Gasteiger partial charge in [-0.15, -0.1) is 11.8 Å². The molecule has 1 N–H and O–H groups in total. The molecule has 98 valence electrons. The number of rotatable bonds is 4. The highest BCUT2D eigenvalue weighted by Crippen LogP contribution is 2.29. The van der Waals surface area contributed by atoms with Gasteiger partial charge in [-0.05, 0) is 35.7 Å². The minimum atomic E-state index is 0.370. The third-order valence-corrected chi connectivity index (χ3v) is 4.33. The van der Waals surface area contributed by atoms with Gasteiger partial charge in [0.15, 0.2) is 0 Å². The molecular formula is C16H16O2S. The van der Waals surface area contributed by atoms with Gasteiger partial charge in [-0.2, -0.15) is 0 Å². The maximum atomic E-state index is 9.70. The SMILES string of the molecule is Oc1ccccc1SCCc1ccc2c(c1)CCO2. The Labute approximate surface area is 117 Å². The fourth-order valence-electron chi connectivity index (χ4n) is 2.25. The lowest BCUT2D eigenvalue weighted by Crippen LogP contribution is -1.90. The average Bonchev–Trinajstić information content (AvgIpc) is 2.88. The maximum absolute atomic E-state index is 9.70. The van der Waals surface area contributed by atoms with Crippen LogP contribution in [0.1, 0.15) is 11.1 Å². The summed E-state index contributed by atoms with van der Waals surface area (Å²) >= 11 is 1.69. The summed E-state index contributed by atoms with van der Waals surface area (Å²) in [4.78, 5) is 0.951. The molecule has 0 saturated carbocycles. The lowest BCUT2D eigenvalue weighted by atomic mass is 10.1. The number of hydrogen-bond donors (Lipinski definition) is 1. The average molecular weight is 272 g/mol. The molecule has 0 aliphatic carbocycles. The molecule has 0 aromatic heterocycles. The summed E-state index contributed by atoms with van der Waals surface area (Å²) in [5, 5.41) is 9.70. The Balaban J connectivity index is 1.59. The predicted molar refractivity (Wildman–Crippen MR) is 78.2 cm³/mol. The highest BCUT2D eigenvalue weighted by molar-refractivity contribution is 7.99. The topological polar surface area (TPSA) is 29.5 Å². The zero-order valence-corrected chi connectivity index (χ0v) is 11.5. The number of phenols is 1. The molecule has 2 aromatic carbocycles. The van der Waals surface area contributed by atoms with Crippen LogP contribution in [0.2, 0.25) is 0 Å². The van der Waals surface area contributed by atoms with Crippen molar-refractivity contribution in [2.24, 2.45) is 0 Å². The van der Waals surface area contributed by atoms with Crippen LogP contribution in [0.4, 0.5) is 0 Å². The molecule has 1 aliphatic heterocycles. The molecule has 0 fully saturated rings. The highest BCUT2D eigenvalue weighted by atomic mass is 32.2. The van der Waals surface area contributed by atoms with E-state index in [1.807, 2.05) is 18.2 Å². The maximum Gasteiger partial charge on any atom is 0.129 e. The first kappa shape index (κ1) is 12.4. The van der Waals surface area contributed by atoms with E-state index in [2.05, 4.69) is 18.2 Å². The normalized spacial score (nSPS) is 13.1. The molecule has 3 heteroatoms. The van der Waals surface area contributed by atoms with Crippen LogP contribution in [0.5, 0.6) is 11.5 Å². The van der Waals surface area contributed by atoms with Gasteiger partial charge < -0.3 is 9.84 Å². The Bertz CT molecular complexity index is 581. The van der Waals surface area contributed by atoms with Crippen molar-refractivity contribution in [1.82, 2.24) is 0 Å². The van der Waals surface area contributed by atoms with Crippen LogP contribution in [0.25, 0.3) is 0 Å². The Morgan fingerprint density at radius 2 is 2.05 bits per heavy atom. The summed E-state index contributed by atoms with van der Waals surface area (Å²) in [5.74, 6) is 2.38. The summed E-state index contributed by atoms with van der Waals surface area (Å²) < 4.78 is 5.50. The second-order valence-corrected chi connectivity index (χ2v) is 5.74. The number of hydrogen-bond acceptors (Lipinski definition) is 3. The molecule has 0 saturated heterocycles. The van der Waals surface area contributed by atoms with Crippen molar-refractivity contribution in [3.63, 3.8) is 0 Å². The van der Waals surface area contributed by atoms with E-state index in [9.17, 15) is 5.11 Å². The molecular weight excluding hydrogens is 256 g/mol. The molecule has 0 atom stereocenters. The fraction of sp³-hybridized carbons (Fsp3) is 0.250. The van der Waals surface area contributed by atoms with Crippen LogP contribution >= 0.6 is 11.8 Å². The van der Waals surface area contributed by atoms with Crippen molar-refractivity contribution >= 4 is 11.8 Å². The lowest BCUT2D eigenvalue weighted by molar-refractivity contribution is 0.357. The van der Waals surface area contributed by atoms with Gasteiger partial charge in [0.05, 0.1) is 6.61 Å². The van der Waals surface area contributed by atoms with Gasteiger partial charge in [0.2, 0.25) is 0 Å². The Morgan fingerprint density at radius 1 is 1.16 bits per heavy atom. The summed E-state index contributed by atoms with van der Waals surface area (Å²) in [6.07, 6.45) is 2.03. The van der Waals surface area contributed by atoms with Gasteiger partial charge in [-0.1, -0.05) is 24.3 Å². The minimum absolute atomic E-state index is 0.370. The van der Waals surface area contributed by atoms with E-state index in [-0.39, 0.29) is 0 Å². The summed E-state index contributed by atoms with van der Waals surface area (Å²) in [7, 11) is 0. The van der Waals surface area contributed by atoms with E-state index in [1.165, 1.54) is 11.1 Å². The van der Waals surface area contributed by atoms with Crippen molar-refractivity contribution in [3.05, 3.63) is 53.6 Å². The predicted octanol–water partition coefficient (Wildman–Crippen LogP) is 3.66. The monoisotopic (exact) mass is 272 g/mol. The molecule has 0 bridgehead atoms. The summed E-state index contributed by atoms with van der Waals surface area (Å²) in [6.45, 7) is 0.811. The van der Waals surface area contributed by atoms with E-state index in [0.29, 0.717) is 5.75 Å². The molecule has 3 rings (SSSR count). The molecule has 2 aromatic rings. The first-order chi connectivity index (χ1) is 9.33. The van der Waals surface area contributed by atoms with Crippen LogP contribution in [0, 0.1) is 0 Å². The quantitative estimate of drug-likeness (QED) is 0.861. The number of ether oxygens (including phenoxy) is 1. The summed E-state index contributed by atoms with van der Waals surface area (Å²) in [5.41, 5.74) is 2.66. The second-order valence-electron chi connectivity index (χ2n) is 4.61. The third-order valence-electron chi connectivity index (χ3n) is 3.27. The Hall–Kier alpha value is -1.61. The molecule has 0 amide bonds. The second kappa shape index (κ2) is 5.57. The number of phenolic OH excluding ortho intramolecular Hbond substituents is 1. The van der Waals surface area contributed by atoms with Gasteiger partial charge in [-0.25, -0.2) is 0 Å². The Kier molecular flexibility index (Phi) is 3.65.